The first-order chi connectivity index (χ1) is 4.81. The van der Waals surface area contributed by atoms with E-state index in [0.717, 1.165) is 5.75 Å². The van der Waals surface area contributed by atoms with Crippen LogP contribution in [0.1, 0.15) is 13.3 Å². The van der Waals surface area contributed by atoms with E-state index in [9.17, 15) is 0 Å². The van der Waals surface area contributed by atoms with Gasteiger partial charge in [0.25, 0.3) is 0 Å². The van der Waals surface area contributed by atoms with Crippen molar-refractivity contribution >= 4 is 28.4 Å². The van der Waals surface area contributed by atoms with Crippen LogP contribution in [0.5, 0.6) is 0 Å². The molecule has 0 bridgehead atoms. The Morgan fingerprint density at radius 3 is 3.00 bits per heavy atom. The van der Waals surface area contributed by atoms with Crippen LogP contribution in [-0.4, -0.2) is 16.7 Å². The van der Waals surface area contributed by atoms with Crippen LogP contribution in [0, 0.1) is 11.3 Å². The highest BCUT2D eigenvalue weighted by molar-refractivity contribution is 8.22. The number of hydrogen-bond acceptors (Lipinski definition) is 4. The predicted octanol–water partition coefficient (Wildman–Crippen LogP) is 1.95. The normalized spacial score (nSPS) is 8.40. The van der Waals surface area contributed by atoms with Gasteiger partial charge in [-0.05, 0) is 19.1 Å². The fraction of sp³-hybridized carbons (Fsp3) is 0.667. The van der Waals surface area contributed by atoms with Gasteiger partial charge in [0.05, 0.1) is 12.7 Å². The summed E-state index contributed by atoms with van der Waals surface area (Å²) in [6.07, 6.45) is 0.526. The second kappa shape index (κ2) is 6.84. The van der Waals surface area contributed by atoms with Gasteiger partial charge in [0.2, 0.25) is 4.38 Å². The van der Waals surface area contributed by atoms with Crippen molar-refractivity contribution < 1.29 is 4.74 Å². The second-order valence-electron chi connectivity index (χ2n) is 1.44. The average Bonchev–Trinajstić information content (AvgIpc) is 1.89. The van der Waals surface area contributed by atoms with Crippen molar-refractivity contribution in [1.82, 2.24) is 0 Å². The van der Waals surface area contributed by atoms with Crippen LogP contribution >= 0.6 is 24.0 Å². The molecule has 0 atom stereocenters. The SMILES string of the molecule is CCOC(=S)SCCC#N. The number of nitriles is 1. The van der Waals surface area contributed by atoms with Gasteiger partial charge < -0.3 is 4.74 Å². The Labute approximate surface area is 70.6 Å². The van der Waals surface area contributed by atoms with Crippen molar-refractivity contribution in [3.05, 3.63) is 0 Å². The Hall–Kier alpha value is -0.270. The van der Waals surface area contributed by atoms with Gasteiger partial charge in [0, 0.05) is 12.2 Å². The van der Waals surface area contributed by atoms with E-state index in [4.69, 9.17) is 22.2 Å². The predicted molar refractivity (Wildman–Crippen MR) is 46.9 cm³/mol. The molecule has 4 heteroatoms. The number of ether oxygens (including phenoxy) is 1. The molecule has 0 amide bonds. The lowest BCUT2D eigenvalue weighted by Crippen LogP contribution is -1.96. The van der Waals surface area contributed by atoms with Crippen LogP contribution in [0.4, 0.5) is 0 Å². The summed E-state index contributed by atoms with van der Waals surface area (Å²) in [6, 6.07) is 2.03. The summed E-state index contributed by atoms with van der Waals surface area (Å²) in [5.74, 6) is 0.731. The third-order valence-corrected chi connectivity index (χ3v) is 1.93. The molecule has 0 aromatic heterocycles. The third-order valence-electron chi connectivity index (χ3n) is 0.696. The molecule has 0 aliphatic rings. The summed E-state index contributed by atoms with van der Waals surface area (Å²) < 4.78 is 5.51. The van der Waals surface area contributed by atoms with Gasteiger partial charge in [-0.1, -0.05) is 11.8 Å². The lowest BCUT2D eigenvalue weighted by Gasteiger charge is -2.00. The van der Waals surface area contributed by atoms with Crippen molar-refractivity contribution in [2.24, 2.45) is 0 Å². The molecular weight excluding hydrogens is 166 g/mol. The molecule has 0 fully saturated rings. The molecule has 0 heterocycles. The first-order valence-electron chi connectivity index (χ1n) is 2.97. The molecule has 0 rings (SSSR count). The fourth-order valence-corrected chi connectivity index (χ4v) is 1.27. The number of thiocarbonyl (C=S) groups is 1. The quantitative estimate of drug-likeness (QED) is 0.485. The maximum Gasteiger partial charge on any atom is 0.219 e. The summed E-state index contributed by atoms with van der Waals surface area (Å²) in [6.45, 7) is 2.50. The minimum atomic E-state index is 0.526. The monoisotopic (exact) mass is 175 g/mol. The molecule has 2 nitrogen and oxygen atoms in total. The van der Waals surface area contributed by atoms with Gasteiger partial charge in [0.15, 0.2) is 0 Å². The summed E-state index contributed by atoms with van der Waals surface area (Å²) in [5.41, 5.74) is 0. The molecule has 0 saturated carbocycles. The summed E-state index contributed by atoms with van der Waals surface area (Å²) in [4.78, 5) is 0. The third kappa shape index (κ3) is 5.86. The Morgan fingerprint density at radius 1 is 1.80 bits per heavy atom. The Kier molecular flexibility index (Phi) is 6.66. The lowest BCUT2D eigenvalue weighted by atomic mass is 10.6. The first kappa shape index (κ1) is 9.73. The maximum atomic E-state index is 8.16. The zero-order valence-electron chi connectivity index (χ0n) is 5.79. The molecule has 0 aromatic rings. The van der Waals surface area contributed by atoms with Crippen LogP contribution in [0.2, 0.25) is 0 Å². The van der Waals surface area contributed by atoms with E-state index in [0.29, 0.717) is 17.4 Å². The highest BCUT2D eigenvalue weighted by Gasteiger charge is 1.94. The Morgan fingerprint density at radius 2 is 2.50 bits per heavy atom. The molecule has 0 aliphatic carbocycles. The van der Waals surface area contributed by atoms with E-state index in [-0.39, 0.29) is 0 Å². The van der Waals surface area contributed by atoms with Crippen LogP contribution in [0.25, 0.3) is 0 Å². The van der Waals surface area contributed by atoms with Gasteiger partial charge in [0.1, 0.15) is 0 Å². The molecule has 0 spiro atoms. The van der Waals surface area contributed by atoms with Crippen LogP contribution in [0.3, 0.4) is 0 Å². The molecule has 10 heavy (non-hydrogen) atoms. The van der Waals surface area contributed by atoms with E-state index >= 15 is 0 Å². The van der Waals surface area contributed by atoms with Crippen LogP contribution in [0.15, 0.2) is 0 Å². The Bertz CT molecular complexity index is 141. The van der Waals surface area contributed by atoms with Crippen LogP contribution in [-0.2, 0) is 4.74 Å². The summed E-state index contributed by atoms with van der Waals surface area (Å²) in [7, 11) is 0. The first-order valence-corrected chi connectivity index (χ1v) is 4.37. The van der Waals surface area contributed by atoms with Crippen molar-refractivity contribution in [1.29, 1.82) is 5.26 Å². The minimum Gasteiger partial charge on any atom is -0.479 e. The van der Waals surface area contributed by atoms with Crippen molar-refractivity contribution in [2.45, 2.75) is 13.3 Å². The molecule has 0 radical (unpaired) electrons. The minimum absolute atomic E-state index is 0.526. The lowest BCUT2D eigenvalue weighted by molar-refractivity contribution is 0.346. The second-order valence-corrected chi connectivity index (χ2v) is 3.14. The fourth-order valence-electron chi connectivity index (χ4n) is 0.340. The Balaban J connectivity index is 3.15. The van der Waals surface area contributed by atoms with Gasteiger partial charge in [-0.2, -0.15) is 5.26 Å². The maximum absolute atomic E-state index is 8.16. The number of rotatable bonds is 3. The van der Waals surface area contributed by atoms with Crippen molar-refractivity contribution in [3.8, 4) is 6.07 Å². The molecule has 0 saturated heterocycles. The topological polar surface area (TPSA) is 33.0 Å². The van der Waals surface area contributed by atoms with Crippen molar-refractivity contribution in [2.75, 3.05) is 12.4 Å². The van der Waals surface area contributed by atoms with E-state index in [1.165, 1.54) is 11.8 Å². The summed E-state index contributed by atoms with van der Waals surface area (Å²) >= 11 is 6.21. The largest absolute Gasteiger partial charge is 0.479 e. The van der Waals surface area contributed by atoms with E-state index < -0.39 is 0 Å². The number of thioether (sulfide) groups is 1. The standard InChI is InChI=1S/C6H9NOS2/c1-2-8-6(9)10-5-3-4-7/h2-3,5H2,1H3. The molecule has 0 N–H and O–H groups in total. The molecule has 0 unspecified atom stereocenters. The molecule has 0 aliphatic heterocycles. The highest BCUT2D eigenvalue weighted by atomic mass is 32.2. The van der Waals surface area contributed by atoms with E-state index in [1.54, 1.807) is 0 Å². The average molecular weight is 175 g/mol. The number of hydrogen-bond donors (Lipinski definition) is 0. The van der Waals surface area contributed by atoms with Gasteiger partial charge in [-0.15, -0.1) is 0 Å². The smallest absolute Gasteiger partial charge is 0.219 e. The van der Waals surface area contributed by atoms with E-state index in [1.807, 2.05) is 13.0 Å². The van der Waals surface area contributed by atoms with Gasteiger partial charge in [-0.3, -0.25) is 0 Å². The van der Waals surface area contributed by atoms with Gasteiger partial charge in [-0.25, -0.2) is 0 Å². The molecular formula is C6H9NOS2. The zero-order valence-corrected chi connectivity index (χ0v) is 7.43. The van der Waals surface area contributed by atoms with E-state index in [2.05, 4.69) is 0 Å². The number of nitrogens with zero attached hydrogens (tertiary/aromatic N) is 1. The van der Waals surface area contributed by atoms with Gasteiger partial charge >= 0.3 is 0 Å². The highest BCUT2D eigenvalue weighted by Crippen LogP contribution is 2.06. The summed E-state index contributed by atoms with van der Waals surface area (Å²) in [5, 5.41) is 8.16. The zero-order chi connectivity index (χ0) is 7.82. The molecule has 56 valence electrons. The molecule has 0 aromatic carbocycles. The van der Waals surface area contributed by atoms with Crippen LogP contribution < -0.4 is 0 Å². The van der Waals surface area contributed by atoms with Crippen molar-refractivity contribution in [3.63, 3.8) is 0 Å².